The lowest BCUT2D eigenvalue weighted by Crippen LogP contribution is -2.34. The molecule has 1 atom stereocenters. The minimum atomic E-state index is -1.10. The Kier molecular flexibility index (Phi) is 4.91. The second kappa shape index (κ2) is 6.87. The molecule has 0 unspecified atom stereocenters. The van der Waals surface area contributed by atoms with Crippen LogP contribution in [0.15, 0.2) is 41.8 Å². The summed E-state index contributed by atoms with van der Waals surface area (Å²) in [4.78, 5) is 22.9. The molecule has 1 heterocycles. The predicted molar refractivity (Wildman–Crippen MR) is 79.7 cm³/mol. The third kappa shape index (κ3) is 3.80. The molecule has 0 saturated heterocycles. The van der Waals surface area contributed by atoms with Gasteiger partial charge < -0.3 is 15.5 Å². The van der Waals surface area contributed by atoms with Crippen molar-refractivity contribution in [3.63, 3.8) is 0 Å². The van der Waals surface area contributed by atoms with Gasteiger partial charge in [0.2, 0.25) is 0 Å². The molecule has 0 aliphatic carbocycles. The van der Waals surface area contributed by atoms with E-state index in [1.807, 2.05) is 6.07 Å². The molecule has 0 radical (unpaired) electrons. The zero-order chi connectivity index (χ0) is 15.2. The van der Waals surface area contributed by atoms with E-state index in [4.69, 9.17) is 5.11 Å². The number of benzene rings is 1. The van der Waals surface area contributed by atoms with Gasteiger partial charge in [0.15, 0.2) is 0 Å². The molecule has 0 saturated carbocycles. The number of aliphatic hydroxyl groups excluding tert-OH is 1. The number of carboxylic acid groups (broad SMARTS) is 1. The van der Waals surface area contributed by atoms with Gasteiger partial charge in [0.1, 0.15) is 5.00 Å². The monoisotopic (exact) mass is 306 g/mol. The summed E-state index contributed by atoms with van der Waals surface area (Å²) < 4.78 is 0. The van der Waals surface area contributed by atoms with Gasteiger partial charge in [-0.05, 0) is 17.0 Å². The van der Waals surface area contributed by atoms with Crippen molar-refractivity contribution in [1.82, 2.24) is 5.32 Å². The second-order valence-electron chi connectivity index (χ2n) is 4.21. The number of rotatable bonds is 5. The summed E-state index contributed by atoms with van der Waals surface area (Å²) in [6, 6.07) is 9.32. The zero-order valence-electron chi connectivity index (χ0n) is 10.9. The van der Waals surface area contributed by atoms with E-state index in [1.54, 1.807) is 29.6 Å². The third-order valence-electron chi connectivity index (χ3n) is 2.81. The number of hydrogen-bond donors (Lipinski definition) is 4. The summed E-state index contributed by atoms with van der Waals surface area (Å²) in [5.41, 5.74) is 0.801. The Morgan fingerprint density at radius 3 is 2.52 bits per heavy atom. The van der Waals surface area contributed by atoms with Crippen molar-refractivity contribution in [3.05, 3.63) is 52.9 Å². The van der Waals surface area contributed by atoms with Crippen molar-refractivity contribution in [2.24, 2.45) is 0 Å². The maximum absolute atomic E-state index is 11.9. The van der Waals surface area contributed by atoms with Gasteiger partial charge in [0, 0.05) is 0 Å². The highest BCUT2D eigenvalue weighted by Gasteiger charge is 2.17. The Labute approximate surface area is 125 Å². The number of nitrogens with one attached hydrogen (secondary N) is 2. The summed E-state index contributed by atoms with van der Waals surface area (Å²) in [5, 5.41) is 25.3. The number of urea groups is 1. The molecule has 6 nitrogen and oxygen atoms in total. The summed E-state index contributed by atoms with van der Waals surface area (Å²) in [6.45, 7) is -0.256. The molecule has 4 N–H and O–H groups in total. The molecule has 2 amide bonds. The maximum Gasteiger partial charge on any atom is 0.338 e. The smallest absolute Gasteiger partial charge is 0.338 e. The number of thiophene rings is 1. The van der Waals surface area contributed by atoms with Crippen LogP contribution in [0.5, 0.6) is 0 Å². The van der Waals surface area contributed by atoms with Gasteiger partial charge in [-0.15, -0.1) is 11.3 Å². The number of aromatic carboxylic acids is 1. The van der Waals surface area contributed by atoms with E-state index in [1.165, 1.54) is 6.07 Å². The molecule has 21 heavy (non-hydrogen) atoms. The average molecular weight is 306 g/mol. The first-order chi connectivity index (χ1) is 10.1. The first-order valence-electron chi connectivity index (χ1n) is 6.16. The molecule has 0 aliphatic rings. The number of amides is 2. The van der Waals surface area contributed by atoms with Crippen LogP contribution in [-0.4, -0.2) is 28.8 Å². The van der Waals surface area contributed by atoms with Crippen LogP contribution in [0.3, 0.4) is 0 Å². The first kappa shape index (κ1) is 15.0. The molecule has 2 aromatic rings. The van der Waals surface area contributed by atoms with Crippen molar-refractivity contribution < 1.29 is 19.8 Å². The van der Waals surface area contributed by atoms with E-state index in [0.717, 1.165) is 16.9 Å². The van der Waals surface area contributed by atoms with Crippen molar-refractivity contribution in [3.8, 4) is 0 Å². The first-order valence-corrected chi connectivity index (χ1v) is 7.04. The van der Waals surface area contributed by atoms with E-state index >= 15 is 0 Å². The fourth-order valence-corrected chi connectivity index (χ4v) is 2.57. The summed E-state index contributed by atoms with van der Waals surface area (Å²) in [5.74, 6) is -1.10. The van der Waals surface area contributed by atoms with E-state index in [-0.39, 0.29) is 17.2 Å². The summed E-state index contributed by atoms with van der Waals surface area (Å²) in [7, 11) is 0. The highest BCUT2D eigenvalue weighted by Crippen LogP contribution is 2.23. The number of carbonyl (C=O) groups excluding carboxylic acids is 1. The number of anilines is 1. The minimum absolute atomic E-state index is 0.0374. The Morgan fingerprint density at radius 1 is 1.19 bits per heavy atom. The lowest BCUT2D eigenvalue weighted by Gasteiger charge is -2.17. The number of aliphatic hydroxyl groups is 1. The fourth-order valence-electron chi connectivity index (χ4n) is 1.79. The molecular formula is C14H14N2O4S. The fraction of sp³-hybridized carbons (Fsp3) is 0.143. The average Bonchev–Trinajstić information content (AvgIpc) is 2.94. The van der Waals surface area contributed by atoms with Crippen LogP contribution in [0.25, 0.3) is 0 Å². The number of hydrogen-bond acceptors (Lipinski definition) is 4. The van der Waals surface area contributed by atoms with E-state index in [0.29, 0.717) is 0 Å². The molecule has 0 spiro atoms. The topological polar surface area (TPSA) is 98.7 Å². The molecule has 0 aliphatic heterocycles. The standard InChI is InChI=1S/C14H14N2O4S/c17-8-11(9-4-2-1-3-5-9)15-14(20)16-12-10(13(18)19)6-7-21-12/h1-7,11,17H,8H2,(H,18,19)(H2,15,16,20)/t11-/m1/s1. The van der Waals surface area contributed by atoms with Gasteiger partial charge in [-0.3, -0.25) is 5.32 Å². The van der Waals surface area contributed by atoms with Gasteiger partial charge in [-0.1, -0.05) is 30.3 Å². The molecular weight excluding hydrogens is 292 g/mol. The molecule has 2 rings (SSSR count). The highest BCUT2D eigenvalue weighted by molar-refractivity contribution is 7.14. The minimum Gasteiger partial charge on any atom is -0.478 e. The van der Waals surface area contributed by atoms with Crippen molar-refractivity contribution in [2.45, 2.75) is 6.04 Å². The van der Waals surface area contributed by atoms with Crippen molar-refractivity contribution in [2.75, 3.05) is 11.9 Å². The number of carboxylic acids is 1. The van der Waals surface area contributed by atoms with Crippen LogP contribution in [0.4, 0.5) is 9.80 Å². The Bertz CT molecular complexity index is 627. The largest absolute Gasteiger partial charge is 0.478 e. The number of carbonyl (C=O) groups is 2. The zero-order valence-corrected chi connectivity index (χ0v) is 11.8. The molecule has 7 heteroatoms. The van der Waals surface area contributed by atoms with Gasteiger partial charge in [-0.25, -0.2) is 9.59 Å². The predicted octanol–water partition coefficient (Wildman–Crippen LogP) is 2.30. The van der Waals surface area contributed by atoms with E-state index < -0.39 is 18.0 Å². The Hall–Kier alpha value is -2.38. The quantitative estimate of drug-likeness (QED) is 0.681. The SMILES string of the molecule is O=C(Nc1sccc1C(=O)O)N[C@H](CO)c1ccccc1. The van der Waals surface area contributed by atoms with E-state index in [9.17, 15) is 14.7 Å². The summed E-state index contributed by atoms with van der Waals surface area (Å²) >= 11 is 1.12. The van der Waals surface area contributed by atoms with Gasteiger partial charge in [-0.2, -0.15) is 0 Å². The van der Waals surface area contributed by atoms with Crippen molar-refractivity contribution in [1.29, 1.82) is 0 Å². The molecule has 1 aromatic heterocycles. The molecule has 0 bridgehead atoms. The van der Waals surface area contributed by atoms with Crippen LogP contribution in [0.1, 0.15) is 22.0 Å². The van der Waals surface area contributed by atoms with Crippen LogP contribution in [0.2, 0.25) is 0 Å². The van der Waals surface area contributed by atoms with Crippen LogP contribution in [-0.2, 0) is 0 Å². The molecule has 0 fully saturated rings. The second-order valence-corrected chi connectivity index (χ2v) is 5.13. The summed E-state index contributed by atoms with van der Waals surface area (Å²) in [6.07, 6.45) is 0. The van der Waals surface area contributed by atoms with Crippen molar-refractivity contribution >= 4 is 28.3 Å². The lowest BCUT2D eigenvalue weighted by atomic mass is 10.1. The lowest BCUT2D eigenvalue weighted by molar-refractivity contribution is 0.0698. The van der Waals surface area contributed by atoms with Gasteiger partial charge in [0.25, 0.3) is 0 Å². The molecule has 1 aromatic carbocycles. The molecule has 110 valence electrons. The Morgan fingerprint density at radius 2 is 1.90 bits per heavy atom. The highest BCUT2D eigenvalue weighted by atomic mass is 32.1. The maximum atomic E-state index is 11.9. The third-order valence-corrected chi connectivity index (χ3v) is 3.64. The Balaban J connectivity index is 2.04. The van der Waals surface area contributed by atoms with Gasteiger partial charge in [0.05, 0.1) is 18.2 Å². The van der Waals surface area contributed by atoms with Gasteiger partial charge >= 0.3 is 12.0 Å². The van der Waals surface area contributed by atoms with Crippen LogP contribution >= 0.6 is 11.3 Å². The van der Waals surface area contributed by atoms with Crippen LogP contribution < -0.4 is 10.6 Å². The normalized spacial score (nSPS) is 11.7. The van der Waals surface area contributed by atoms with E-state index in [2.05, 4.69) is 10.6 Å². The van der Waals surface area contributed by atoms with Crippen LogP contribution in [0, 0.1) is 0 Å².